The molecule has 18 heavy (non-hydrogen) atoms. The van der Waals surface area contributed by atoms with Crippen molar-refractivity contribution in [2.24, 2.45) is 5.84 Å². The lowest BCUT2D eigenvalue weighted by Crippen LogP contribution is -2.53. The Morgan fingerprint density at radius 1 is 1.33 bits per heavy atom. The summed E-state index contributed by atoms with van der Waals surface area (Å²) >= 11 is 0. The van der Waals surface area contributed by atoms with Crippen LogP contribution in [0, 0.1) is 6.92 Å². The molecule has 1 aliphatic rings. The highest BCUT2D eigenvalue weighted by molar-refractivity contribution is 5.23. The zero-order chi connectivity index (χ0) is 13.2. The van der Waals surface area contributed by atoms with Crippen LogP contribution in [0.5, 0.6) is 0 Å². The van der Waals surface area contributed by atoms with Gasteiger partial charge in [0.05, 0.1) is 6.04 Å². The van der Waals surface area contributed by atoms with Crippen LogP contribution in [0.2, 0.25) is 0 Å². The minimum atomic E-state index is 0.000718. The van der Waals surface area contributed by atoms with Crippen LogP contribution in [0.1, 0.15) is 43.9 Å². The van der Waals surface area contributed by atoms with Crippen molar-refractivity contribution in [1.29, 1.82) is 0 Å². The first-order valence-electron chi connectivity index (χ1n) is 6.68. The maximum atomic E-state index is 5.80. The highest BCUT2D eigenvalue weighted by Gasteiger charge is 2.37. The van der Waals surface area contributed by atoms with E-state index in [1.54, 1.807) is 0 Å². The van der Waals surface area contributed by atoms with Gasteiger partial charge in [-0.15, -0.1) is 0 Å². The molecule has 1 aromatic rings. The highest BCUT2D eigenvalue weighted by atomic mass is 15.3. The molecule has 1 saturated heterocycles. The quantitative estimate of drug-likeness (QED) is 0.630. The van der Waals surface area contributed by atoms with Crippen LogP contribution in [0.15, 0.2) is 18.5 Å². The average Bonchev–Trinajstić information content (AvgIpc) is 2.83. The lowest BCUT2D eigenvalue weighted by Gasteiger charge is -2.42. The second-order valence-corrected chi connectivity index (χ2v) is 5.74. The first-order valence-corrected chi connectivity index (χ1v) is 6.68. The van der Waals surface area contributed by atoms with Crippen LogP contribution in [-0.2, 0) is 0 Å². The molecule has 1 unspecified atom stereocenters. The number of likely N-dealkylation sites (tertiary alicyclic amines) is 1. The molecule has 0 spiro atoms. The third kappa shape index (κ3) is 2.55. The lowest BCUT2D eigenvalue weighted by molar-refractivity contribution is 0.107. The summed E-state index contributed by atoms with van der Waals surface area (Å²) in [7, 11) is 0. The Morgan fingerprint density at radius 3 is 2.56 bits per heavy atom. The van der Waals surface area contributed by atoms with Crippen molar-refractivity contribution in [1.82, 2.24) is 15.3 Å². The van der Waals surface area contributed by atoms with Gasteiger partial charge < -0.3 is 0 Å². The zero-order valence-electron chi connectivity index (χ0n) is 11.6. The zero-order valence-corrected chi connectivity index (χ0v) is 11.6. The number of nitrogens with two attached hydrogens (primary N) is 1. The topological polar surface area (TPSA) is 54.2 Å². The minimum Gasteiger partial charge on any atom is -0.296 e. The van der Waals surface area contributed by atoms with Crippen molar-refractivity contribution in [3.8, 4) is 0 Å². The SMILES string of the molecule is Cc1cncc(C(NN)C(C)(C)N2CCCC2)c1. The Kier molecular flexibility index (Phi) is 4.00. The molecular weight excluding hydrogens is 224 g/mol. The number of nitrogens with one attached hydrogen (secondary N) is 1. The van der Waals surface area contributed by atoms with E-state index in [0.29, 0.717) is 0 Å². The molecule has 2 rings (SSSR count). The molecule has 4 heteroatoms. The van der Waals surface area contributed by atoms with Crippen LogP contribution >= 0.6 is 0 Å². The van der Waals surface area contributed by atoms with Crippen LogP contribution in [0.4, 0.5) is 0 Å². The number of aromatic nitrogens is 1. The van der Waals surface area contributed by atoms with Crippen molar-refractivity contribution in [2.45, 2.75) is 45.2 Å². The fraction of sp³-hybridized carbons (Fsp3) is 0.643. The summed E-state index contributed by atoms with van der Waals surface area (Å²) in [6.07, 6.45) is 6.36. The van der Waals surface area contributed by atoms with E-state index in [1.807, 2.05) is 12.4 Å². The average molecular weight is 248 g/mol. The van der Waals surface area contributed by atoms with Crippen molar-refractivity contribution >= 4 is 0 Å². The van der Waals surface area contributed by atoms with Gasteiger partial charge >= 0.3 is 0 Å². The molecule has 1 fully saturated rings. The Bertz CT molecular complexity index is 397. The third-order valence-corrected chi connectivity index (χ3v) is 4.02. The third-order valence-electron chi connectivity index (χ3n) is 4.02. The number of pyridine rings is 1. The molecule has 0 bridgehead atoms. The summed E-state index contributed by atoms with van der Waals surface area (Å²) < 4.78 is 0. The van der Waals surface area contributed by atoms with E-state index in [-0.39, 0.29) is 11.6 Å². The Balaban J connectivity index is 2.26. The number of aryl methyl sites for hydroxylation is 1. The van der Waals surface area contributed by atoms with Gasteiger partial charge in [-0.2, -0.15) is 0 Å². The summed E-state index contributed by atoms with van der Waals surface area (Å²) in [6, 6.07) is 2.26. The second kappa shape index (κ2) is 5.34. The van der Waals surface area contributed by atoms with Gasteiger partial charge in [0, 0.05) is 17.9 Å². The van der Waals surface area contributed by atoms with E-state index >= 15 is 0 Å². The number of hydrogen-bond acceptors (Lipinski definition) is 4. The second-order valence-electron chi connectivity index (χ2n) is 5.74. The van der Waals surface area contributed by atoms with Crippen molar-refractivity contribution in [3.05, 3.63) is 29.6 Å². The first kappa shape index (κ1) is 13.5. The van der Waals surface area contributed by atoms with Crippen molar-refractivity contribution < 1.29 is 0 Å². The smallest absolute Gasteiger partial charge is 0.0653 e. The van der Waals surface area contributed by atoms with Gasteiger partial charge in [0.1, 0.15) is 0 Å². The lowest BCUT2D eigenvalue weighted by atomic mass is 9.88. The maximum Gasteiger partial charge on any atom is 0.0653 e. The van der Waals surface area contributed by atoms with Crippen LogP contribution in [0.3, 0.4) is 0 Å². The molecule has 0 aliphatic carbocycles. The normalized spacial score (nSPS) is 19.1. The molecule has 1 aliphatic heterocycles. The molecule has 0 radical (unpaired) electrons. The molecule has 3 N–H and O–H groups in total. The van der Waals surface area contributed by atoms with Gasteiger partial charge in [-0.05, 0) is 57.8 Å². The van der Waals surface area contributed by atoms with Gasteiger partial charge in [-0.1, -0.05) is 6.07 Å². The number of hydrazine groups is 1. The Hall–Kier alpha value is -0.970. The number of nitrogens with zero attached hydrogens (tertiary/aromatic N) is 2. The van der Waals surface area contributed by atoms with Gasteiger partial charge in [-0.3, -0.25) is 21.2 Å². The van der Waals surface area contributed by atoms with E-state index in [0.717, 1.165) is 18.7 Å². The van der Waals surface area contributed by atoms with Crippen molar-refractivity contribution in [2.75, 3.05) is 13.1 Å². The van der Waals surface area contributed by atoms with Crippen LogP contribution < -0.4 is 11.3 Å². The first-order chi connectivity index (χ1) is 8.55. The van der Waals surface area contributed by atoms with E-state index in [2.05, 4.69) is 42.1 Å². The molecule has 2 heterocycles. The largest absolute Gasteiger partial charge is 0.296 e. The number of hydrogen-bond donors (Lipinski definition) is 2. The summed E-state index contributed by atoms with van der Waals surface area (Å²) in [5.41, 5.74) is 5.31. The van der Waals surface area contributed by atoms with E-state index < -0.39 is 0 Å². The molecule has 0 aromatic carbocycles. The molecule has 4 nitrogen and oxygen atoms in total. The maximum absolute atomic E-state index is 5.80. The van der Waals surface area contributed by atoms with Crippen LogP contribution in [0.25, 0.3) is 0 Å². The monoisotopic (exact) mass is 248 g/mol. The minimum absolute atomic E-state index is 0.000718. The molecule has 1 aromatic heterocycles. The summed E-state index contributed by atoms with van der Waals surface area (Å²) in [6.45, 7) is 8.89. The van der Waals surface area contributed by atoms with E-state index in [9.17, 15) is 0 Å². The van der Waals surface area contributed by atoms with E-state index in [1.165, 1.54) is 18.4 Å². The van der Waals surface area contributed by atoms with Crippen LogP contribution in [-0.4, -0.2) is 28.5 Å². The van der Waals surface area contributed by atoms with Gasteiger partial charge in [0.25, 0.3) is 0 Å². The summed E-state index contributed by atoms with van der Waals surface area (Å²) in [4.78, 5) is 6.79. The molecule has 100 valence electrons. The van der Waals surface area contributed by atoms with Gasteiger partial charge in [0.2, 0.25) is 0 Å². The molecule has 1 atom stereocenters. The molecule has 0 saturated carbocycles. The highest BCUT2D eigenvalue weighted by Crippen LogP contribution is 2.32. The predicted octanol–water partition coefficient (Wildman–Crippen LogP) is 1.77. The fourth-order valence-electron chi connectivity index (χ4n) is 2.92. The van der Waals surface area contributed by atoms with Crippen molar-refractivity contribution in [3.63, 3.8) is 0 Å². The Labute approximate surface area is 110 Å². The summed E-state index contributed by atoms with van der Waals surface area (Å²) in [5, 5.41) is 0. The Morgan fingerprint density at radius 2 is 2.00 bits per heavy atom. The summed E-state index contributed by atoms with van der Waals surface area (Å²) in [5.74, 6) is 5.80. The number of rotatable bonds is 4. The molecular formula is C14H24N4. The van der Waals surface area contributed by atoms with Gasteiger partial charge in [-0.25, -0.2) is 0 Å². The van der Waals surface area contributed by atoms with E-state index in [4.69, 9.17) is 5.84 Å². The molecule has 0 amide bonds. The van der Waals surface area contributed by atoms with Gasteiger partial charge in [0.15, 0.2) is 0 Å². The fourth-order valence-corrected chi connectivity index (χ4v) is 2.92. The predicted molar refractivity (Wildman–Crippen MR) is 73.9 cm³/mol. The standard InChI is InChI=1S/C14H24N4/c1-11-8-12(10-16-9-11)13(17-15)14(2,3)18-6-4-5-7-18/h8-10,13,17H,4-7,15H2,1-3H3.